The highest BCUT2D eigenvalue weighted by Crippen LogP contribution is 2.30. The fourth-order valence-electron chi connectivity index (χ4n) is 2.53. The summed E-state index contributed by atoms with van der Waals surface area (Å²) in [5.41, 5.74) is 3.51. The Balaban J connectivity index is 2.34. The van der Waals surface area contributed by atoms with Crippen LogP contribution in [0.2, 0.25) is 5.02 Å². The van der Waals surface area contributed by atoms with Crippen LogP contribution in [0.5, 0.6) is 0 Å². The highest BCUT2D eigenvalue weighted by atomic mass is 35.5. The molecule has 0 unspecified atom stereocenters. The predicted octanol–water partition coefficient (Wildman–Crippen LogP) is 5.52. The SMILES string of the molecule is Cc1ccccc1-c1nc(C(C)C)c2cc(Cl)c(F)cc2n1. The summed E-state index contributed by atoms with van der Waals surface area (Å²) >= 11 is 5.92. The lowest BCUT2D eigenvalue weighted by Crippen LogP contribution is -2.01. The molecule has 0 aliphatic rings. The smallest absolute Gasteiger partial charge is 0.160 e. The molecule has 1 heterocycles. The topological polar surface area (TPSA) is 25.8 Å². The van der Waals surface area contributed by atoms with E-state index in [1.165, 1.54) is 6.07 Å². The Labute approximate surface area is 134 Å². The van der Waals surface area contributed by atoms with Crippen LogP contribution in [0, 0.1) is 12.7 Å². The van der Waals surface area contributed by atoms with Gasteiger partial charge in [-0.2, -0.15) is 0 Å². The molecule has 2 nitrogen and oxygen atoms in total. The van der Waals surface area contributed by atoms with E-state index in [1.807, 2.05) is 31.2 Å². The van der Waals surface area contributed by atoms with Crippen LogP contribution in [0.3, 0.4) is 0 Å². The molecular weight excluding hydrogens is 299 g/mol. The van der Waals surface area contributed by atoms with Gasteiger partial charge in [0.1, 0.15) is 5.82 Å². The van der Waals surface area contributed by atoms with Crippen LogP contribution in [0.15, 0.2) is 36.4 Å². The van der Waals surface area contributed by atoms with Gasteiger partial charge in [-0.3, -0.25) is 0 Å². The molecule has 0 atom stereocenters. The van der Waals surface area contributed by atoms with Crippen LogP contribution in [0.25, 0.3) is 22.3 Å². The van der Waals surface area contributed by atoms with Gasteiger partial charge in [-0.15, -0.1) is 0 Å². The minimum Gasteiger partial charge on any atom is -0.232 e. The Morgan fingerprint density at radius 2 is 1.82 bits per heavy atom. The zero-order valence-corrected chi connectivity index (χ0v) is 13.4. The highest BCUT2D eigenvalue weighted by molar-refractivity contribution is 6.31. The van der Waals surface area contributed by atoms with Crippen molar-refractivity contribution in [2.24, 2.45) is 0 Å². The van der Waals surface area contributed by atoms with Crippen molar-refractivity contribution in [3.63, 3.8) is 0 Å². The van der Waals surface area contributed by atoms with Crippen molar-refractivity contribution >= 4 is 22.5 Å². The molecule has 0 saturated carbocycles. The van der Waals surface area contributed by atoms with Crippen LogP contribution in [-0.2, 0) is 0 Å². The number of halogens is 2. The molecule has 1 aromatic heterocycles. The molecule has 0 amide bonds. The maximum Gasteiger partial charge on any atom is 0.160 e. The Morgan fingerprint density at radius 1 is 1.09 bits per heavy atom. The van der Waals surface area contributed by atoms with Crippen molar-refractivity contribution in [3.05, 3.63) is 58.5 Å². The van der Waals surface area contributed by atoms with Gasteiger partial charge in [-0.1, -0.05) is 49.7 Å². The first-order valence-corrected chi connectivity index (χ1v) is 7.58. The molecule has 3 rings (SSSR count). The summed E-state index contributed by atoms with van der Waals surface area (Å²) in [6.07, 6.45) is 0. The van der Waals surface area contributed by atoms with E-state index in [-0.39, 0.29) is 10.9 Å². The number of fused-ring (bicyclic) bond motifs is 1. The Bertz CT molecular complexity index is 859. The molecule has 0 saturated heterocycles. The van der Waals surface area contributed by atoms with Crippen LogP contribution in [0.1, 0.15) is 31.0 Å². The third kappa shape index (κ3) is 2.57. The molecule has 0 aliphatic carbocycles. The lowest BCUT2D eigenvalue weighted by Gasteiger charge is -2.13. The van der Waals surface area contributed by atoms with E-state index in [0.29, 0.717) is 11.3 Å². The standard InChI is InChI=1S/C18H16ClFN2/c1-10(2)17-13-8-14(19)15(20)9-16(13)21-18(22-17)12-7-5-4-6-11(12)3/h4-10H,1-3H3. The molecule has 112 valence electrons. The van der Waals surface area contributed by atoms with Crippen LogP contribution >= 0.6 is 11.6 Å². The van der Waals surface area contributed by atoms with Gasteiger partial charge in [0.2, 0.25) is 0 Å². The molecule has 0 fully saturated rings. The first-order chi connectivity index (χ1) is 10.5. The maximum atomic E-state index is 13.8. The minimum atomic E-state index is -0.460. The number of aromatic nitrogens is 2. The largest absolute Gasteiger partial charge is 0.232 e. The summed E-state index contributed by atoms with van der Waals surface area (Å²) in [5, 5.41) is 0.903. The van der Waals surface area contributed by atoms with Crippen molar-refractivity contribution < 1.29 is 4.39 Å². The summed E-state index contributed by atoms with van der Waals surface area (Å²) in [7, 11) is 0. The molecule has 2 aromatic carbocycles. The fraction of sp³-hybridized carbons (Fsp3) is 0.222. The van der Waals surface area contributed by atoms with E-state index >= 15 is 0 Å². The molecule has 4 heteroatoms. The van der Waals surface area contributed by atoms with Gasteiger partial charge in [0, 0.05) is 17.0 Å². The average molecular weight is 315 g/mol. The van der Waals surface area contributed by atoms with E-state index in [0.717, 1.165) is 22.2 Å². The number of hydrogen-bond donors (Lipinski definition) is 0. The van der Waals surface area contributed by atoms with Gasteiger partial charge in [0.05, 0.1) is 16.2 Å². The van der Waals surface area contributed by atoms with E-state index in [9.17, 15) is 4.39 Å². The summed E-state index contributed by atoms with van der Waals surface area (Å²) in [6, 6.07) is 10.9. The van der Waals surface area contributed by atoms with Crippen molar-refractivity contribution in [2.75, 3.05) is 0 Å². The second-order valence-corrected chi connectivity index (χ2v) is 6.09. The molecule has 0 bridgehead atoms. The van der Waals surface area contributed by atoms with Crippen molar-refractivity contribution in [1.82, 2.24) is 9.97 Å². The van der Waals surface area contributed by atoms with Gasteiger partial charge >= 0.3 is 0 Å². The lowest BCUT2D eigenvalue weighted by molar-refractivity contribution is 0.629. The Kier molecular flexibility index (Phi) is 3.83. The number of aryl methyl sites for hydroxylation is 1. The number of nitrogens with zero attached hydrogens (tertiary/aromatic N) is 2. The molecule has 3 aromatic rings. The number of rotatable bonds is 2. The molecule has 0 radical (unpaired) electrons. The second-order valence-electron chi connectivity index (χ2n) is 5.69. The summed E-state index contributed by atoms with van der Waals surface area (Å²) in [4.78, 5) is 9.25. The summed E-state index contributed by atoms with van der Waals surface area (Å²) in [5.74, 6) is 0.351. The quantitative estimate of drug-likeness (QED) is 0.622. The summed E-state index contributed by atoms with van der Waals surface area (Å²) in [6.45, 7) is 6.13. The zero-order valence-electron chi connectivity index (χ0n) is 12.7. The van der Waals surface area contributed by atoms with Gasteiger partial charge in [0.25, 0.3) is 0 Å². The van der Waals surface area contributed by atoms with Crippen LogP contribution in [-0.4, -0.2) is 9.97 Å². The maximum absolute atomic E-state index is 13.8. The van der Waals surface area contributed by atoms with E-state index in [2.05, 4.69) is 18.8 Å². The van der Waals surface area contributed by atoms with Gasteiger partial charge in [-0.25, -0.2) is 14.4 Å². The Morgan fingerprint density at radius 3 is 2.50 bits per heavy atom. The highest BCUT2D eigenvalue weighted by Gasteiger charge is 2.15. The third-order valence-corrected chi connectivity index (χ3v) is 3.99. The van der Waals surface area contributed by atoms with Gasteiger partial charge < -0.3 is 0 Å². The molecular formula is C18H16ClFN2. The van der Waals surface area contributed by atoms with Crippen molar-refractivity contribution in [2.45, 2.75) is 26.7 Å². The lowest BCUT2D eigenvalue weighted by atomic mass is 10.0. The van der Waals surface area contributed by atoms with Crippen LogP contribution in [0.4, 0.5) is 4.39 Å². The first-order valence-electron chi connectivity index (χ1n) is 7.20. The minimum absolute atomic E-state index is 0.0987. The summed E-state index contributed by atoms with van der Waals surface area (Å²) < 4.78 is 13.8. The third-order valence-electron chi connectivity index (χ3n) is 3.70. The van der Waals surface area contributed by atoms with Crippen molar-refractivity contribution in [3.8, 4) is 11.4 Å². The number of benzene rings is 2. The molecule has 22 heavy (non-hydrogen) atoms. The monoisotopic (exact) mass is 314 g/mol. The molecule has 0 aliphatic heterocycles. The van der Waals surface area contributed by atoms with Crippen molar-refractivity contribution in [1.29, 1.82) is 0 Å². The van der Waals surface area contributed by atoms with E-state index in [1.54, 1.807) is 6.07 Å². The normalized spacial score (nSPS) is 11.4. The van der Waals surface area contributed by atoms with Gasteiger partial charge in [0.15, 0.2) is 5.82 Å². The van der Waals surface area contributed by atoms with E-state index in [4.69, 9.17) is 16.6 Å². The van der Waals surface area contributed by atoms with Crippen LogP contribution < -0.4 is 0 Å². The molecule has 0 N–H and O–H groups in total. The Hall–Kier alpha value is -2.00. The zero-order chi connectivity index (χ0) is 15.9. The molecule has 0 spiro atoms. The predicted molar refractivity (Wildman–Crippen MR) is 88.8 cm³/mol. The average Bonchev–Trinajstić information content (AvgIpc) is 2.48. The fourth-order valence-corrected chi connectivity index (χ4v) is 2.70. The number of hydrogen-bond acceptors (Lipinski definition) is 2. The van der Waals surface area contributed by atoms with Gasteiger partial charge in [-0.05, 0) is 24.5 Å². The van der Waals surface area contributed by atoms with E-state index < -0.39 is 5.82 Å². The second kappa shape index (κ2) is 5.65. The first kappa shape index (κ1) is 14.9.